The van der Waals surface area contributed by atoms with Gasteiger partial charge in [0.25, 0.3) is 0 Å². The molecule has 6 aromatic rings. The third kappa shape index (κ3) is 9.36. The molecule has 20 heteroatoms. The van der Waals surface area contributed by atoms with Crippen LogP contribution in [0.1, 0.15) is 32.6 Å². The fraction of sp³-hybridized carbons (Fsp3) is 0.351. The van der Waals surface area contributed by atoms with Crippen LogP contribution < -0.4 is 22.1 Å². The van der Waals surface area contributed by atoms with Gasteiger partial charge in [-0.3, -0.25) is 19.4 Å². The number of halogens is 4. The number of rotatable bonds is 10. The minimum Gasteiger partial charge on any atom is -0.369 e. The first-order valence-electron chi connectivity index (χ1n) is 18.3. The number of amides is 2. The van der Waals surface area contributed by atoms with Crippen molar-refractivity contribution in [2.45, 2.75) is 50.7 Å². The number of primary amides is 2. The van der Waals surface area contributed by atoms with Crippen LogP contribution in [0.5, 0.6) is 0 Å². The van der Waals surface area contributed by atoms with Crippen molar-refractivity contribution in [1.82, 2.24) is 49.7 Å². The second-order valence-electron chi connectivity index (χ2n) is 14.0. The van der Waals surface area contributed by atoms with E-state index in [9.17, 15) is 18.4 Å². The Morgan fingerprint density at radius 3 is 1.82 bits per heavy atom. The zero-order valence-electron chi connectivity index (χ0n) is 30.8. The van der Waals surface area contributed by atoms with Gasteiger partial charge in [0.2, 0.25) is 11.8 Å². The highest BCUT2D eigenvalue weighted by molar-refractivity contribution is 6.31. The van der Waals surface area contributed by atoms with Crippen LogP contribution in [-0.2, 0) is 9.59 Å². The molecule has 0 spiro atoms. The normalized spacial score (nSPS) is 18.2. The van der Waals surface area contributed by atoms with Crippen molar-refractivity contribution >= 4 is 68.7 Å². The molecule has 16 nitrogen and oxygen atoms in total. The summed E-state index contributed by atoms with van der Waals surface area (Å²) in [7, 11) is 0. The van der Waals surface area contributed by atoms with Gasteiger partial charge in [0.15, 0.2) is 34.9 Å². The van der Waals surface area contributed by atoms with Gasteiger partial charge in [-0.25, -0.2) is 38.7 Å². The zero-order chi connectivity index (χ0) is 40.2. The lowest BCUT2D eigenvalue weighted by Crippen LogP contribution is -2.50. The van der Waals surface area contributed by atoms with Gasteiger partial charge in [-0.1, -0.05) is 23.2 Å². The van der Waals surface area contributed by atoms with Crippen LogP contribution in [0.3, 0.4) is 0 Å². The Morgan fingerprint density at radius 2 is 1.32 bits per heavy atom. The maximum atomic E-state index is 14.4. The molecule has 3 unspecified atom stereocenters. The molecule has 2 aliphatic heterocycles. The molecule has 57 heavy (non-hydrogen) atoms. The van der Waals surface area contributed by atoms with Crippen molar-refractivity contribution in [3.05, 3.63) is 71.0 Å². The number of aromatic nitrogens is 8. The van der Waals surface area contributed by atoms with Crippen LogP contribution in [0.25, 0.3) is 44.8 Å². The number of aromatic amines is 2. The molecule has 0 saturated carbocycles. The number of likely N-dealkylation sites (tertiary alicyclic amines) is 2. The molecule has 2 aliphatic rings. The third-order valence-electron chi connectivity index (χ3n) is 9.94. The van der Waals surface area contributed by atoms with Crippen LogP contribution >= 0.6 is 23.2 Å². The predicted octanol–water partition coefficient (Wildman–Crippen LogP) is 4.74. The maximum Gasteiger partial charge on any atom is 0.234 e. The quantitative estimate of drug-likeness (QED) is 0.110. The summed E-state index contributed by atoms with van der Waals surface area (Å²) < 4.78 is 28.7. The van der Waals surface area contributed by atoms with E-state index in [4.69, 9.17) is 34.7 Å². The number of nitrogens with one attached hydrogen (secondary N) is 4. The van der Waals surface area contributed by atoms with E-state index in [-0.39, 0.29) is 48.1 Å². The third-order valence-corrected chi connectivity index (χ3v) is 10.4. The molecule has 8 heterocycles. The molecule has 0 aliphatic carbocycles. The second-order valence-corrected chi connectivity index (χ2v) is 14.9. The van der Waals surface area contributed by atoms with E-state index in [0.717, 1.165) is 61.9 Å². The van der Waals surface area contributed by atoms with Gasteiger partial charge in [0.1, 0.15) is 11.3 Å². The van der Waals surface area contributed by atoms with Gasteiger partial charge < -0.3 is 32.1 Å². The number of hydrogen-bond donors (Lipinski definition) is 6. The summed E-state index contributed by atoms with van der Waals surface area (Å²) in [5, 5.41) is 8.81. The van der Waals surface area contributed by atoms with E-state index in [1.165, 1.54) is 0 Å². The average molecular weight is 822 g/mol. The topological polar surface area (TPSA) is 226 Å². The lowest BCUT2D eigenvalue weighted by molar-refractivity contribution is -0.123. The molecule has 0 radical (unpaired) electrons. The van der Waals surface area contributed by atoms with E-state index >= 15 is 0 Å². The molecule has 298 valence electrons. The van der Waals surface area contributed by atoms with Crippen LogP contribution in [-0.4, -0.2) is 112 Å². The zero-order valence-corrected chi connectivity index (χ0v) is 32.3. The Bertz CT molecular complexity index is 2410. The van der Waals surface area contributed by atoms with E-state index in [2.05, 4.69) is 50.5 Å². The number of nitrogens with zero attached hydrogens (tertiary/aromatic N) is 8. The molecule has 2 saturated heterocycles. The molecule has 8 rings (SSSR count). The number of anilines is 2. The van der Waals surface area contributed by atoms with E-state index in [0.29, 0.717) is 57.2 Å². The first kappa shape index (κ1) is 39.7. The molecular formula is C37H40Cl2F2N14O2. The number of nitrogens with two attached hydrogens (primary N) is 2. The SMILES string of the molecule is CC(C(N)=O)N1CCCC(Nc2nc(-c3c[nH]c4ncc(Cl)cc34)ncc2F)C1.NC(=O)CN1CCCC(Nc2nc(-c3c[nH]c4ncc(Cl)cc34)ncc2F)C1. The minimum absolute atomic E-state index is 0.0376. The van der Waals surface area contributed by atoms with E-state index < -0.39 is 11.6 Å². The van der Waals surface area contributed by atoms with Gasteiger partial charge in [-0.05, 0) is 57.8 Å². The minimum atomic E-state index is -0.537. The molecule has 3 atom stereocenters. The van der Waals surface area contributed by atoms with E-state index in [1.807, 2.05) is 9.80 Å². The monoisotopic (exact) mass is 820 g/mol. The molecule has 2 fully saturated rings. The lowest BCUT2D eigenvalue weighted by atomic mass is 10.0. The Kier molecular flexibility index (Phi) is 12.0. The van der Waals surface area contributed by atoms with Crippen molar-refractivity contribution in [3.8, 4) is 22.8 Å². The first-order valence-corrected chi connectivity index (χ1v) is 19.1. The number of H-pyrrole nitrogens is 2. The predicted molar refractivity (Wildman–Crippen MR) is 213 cm³/mol. The standard InChI is InChI=1S/C19H21ClFN7O.C18H19ClFN7O/c1-10(16(22)29)28-4-2-3-12(9-28)26-19-15(21)8-25-18(27-19)14-7-24-17-13(14)5-11(20)6-23-17;19-10-4-12-13(6-23-16(12)22-5-10)17-24-7-14(20)18(26-17)25-11-2-1-3-27(8-11)9-15(21)28/h5-8,10,12H,2-4,9H2,1H3,(H2,22,29)(H,23,24)(H,25,26,27);4-7,11H,1-3,8-9H2,(H2,21,28)(H,22,23)(H,24,25,26). The Balaban J connectivity index is 0.000000174. The second kappa shape index (κ2) is 17.3. The molecule has 0 aromatic carbocycles. The average Bonchev–Trinajstić information content (AvgIpc) is 3.80. The van der Waals surface area contributed by atoms with Crippen LogP contribution in [0.15, 0.2) is 49.3 Å². The fourth-order valence-corrected chi connectivity index (χ4v) is 7.42. The summed E-state index contributed by atoms with van der Waals surface area (Å²) in [5.41, 5.74) is 13.4. The highest BCUT2D eigenvalue weighted by Gasteiger charge is 2.27. The Morgan fingerprint density at radius 1 is 0.807 bits per heavy atom. The lowest BCUT2D eigenvalue weighted by Gasteiger charge is -2.36. The van der Waals surface area contributed by atoms with Gasteiger partial charge in [-0.15, -0.1) is 0 Å². The van der Waals surface area contributed by atoms with Crippen LogP contribution in [0.2, 0.25) is 10.0 Å². The summed E-state index contributed by atoms with van der Waals surface area (Å²) in [6.45, 7) is 4.72. The Labute approximate surface area is 335 Å². The summed E-state index contributed by atoms with van der Waals surface area (Å²) in [6, 6.07) is 3.07. The van der Waals surface area contributed by atoms with Crippen molar-refractivity contribution < 1.29 is 18.4 Å². The summed E-state index contributed by atoms with van der Waals surface area (Å²) in [6.07, 6.45) is 12.3. The summed E-state index contributed by atoms with van der Waals surface area (Å²) in [5.74, 6) is -0.836. The number of carbonyl (C=O) groups is 2. The molecule has 2 amide bonds. The van der Waals surface area contributed by atoms with Crippen LogP contribution in [0.4, 0.5) is 20.4 Å². The molecule has 8 N–H and O–H groups in total. The highest BCUT2D eigenvalue weighted by atomic mass is 35.5. The number of fused-ring (bicyclic) bond motifs is 2. The summed E-state index contributed by atoms with van der Waals surface area (Å²) in [4.78, 5) is 58.1. The molecule has 6 aromatic heterocycles. The van der Waals surface area contributed by atoms with Gasteiger partial charge in [0.05, 0.1) is 35.0 Å². The number of pyridine rings is 2. The van der Waals surface area contributed by atoms with Gasteiger partial charge in [-0.2, -0.15) is 0 Å². The van der Waals surface area contributed by atoms with Crippen molar-refractivity contribution in [3.63, 3.8) is 0 Å². The maximum absolute atomic E-state index is 14.4. The summed E-state index contributed by atoms with van der Waals surface area (Å²) >= 11 is 12.1. The number of hydrogen-bond acceptors (Lipinski definition) is 12. The van der Waals surface area contributed by atoms with Crippen LogP contribution in [0, 0.1) is 11.6 Å². The van der Waals surface area contributed by atoms with Gasteiger partial charge >= 0.3 is 0 Å². The highest BCUT2D eigenvalue weighted by Crippen LogP contribution is 2.30. The molecular weight excluding hydrogens is 781 g/mol. The van der Waals surface area contributed by atoms with Gasteiger partial charge in [0, 0.05) is 71.9 Å². The smallest absolute Gasteiger partial charge is 0.234 e. The number of piperidine rings is 2. The first-order chi connectivity index (χ1) is 27.4. The van der Waals surface area contributed by atoms with E-state index in [1.54, 1.807) is 43.8 Å². The van der Waals surface area contributed by atoms with Crippen molar-refractivity contribution in [2.24, 2.45) is 11.5 Å². The number of carbonyl (C=O) groups excluding carboxylic acids is 2. The molecule has 0 bridgehead atoms. The largest absolute Gasteiger partial charge is 0.369 e. The Hall–Kier alpha value is -5.56. The fourth-order valence-electron chi connectivity index (χ4n) is 7.10. The van der Waals surface area contributed by atoms with Crippen molar-refractivity contribution in [2.75, 3.05) is 43.4 Å². The van der Waals surface area contributed by atoms with Crippen molar-refractivity contribution in [1.29, 1.82) is 0 Å².